The molecule has 3 heterocycles. The summed E-state index contributed by atoms with van der Waals surface area (Å²) >= 11 is 0. The number of pyridine rings is 1. The molecule has 0 radical (unpaired) electrons. The first kappa shape index (κ1) is 15.3. The average Bonchev–Trinajstić information content (AvgIpc) is 3.17. The molecule has 1 aromatic carbocycles. The van der Waals surface area contributed by atoms with Crippen molar-refractivity contribution in [2.24, 2.45) is 0 Å². The summed E-state index contributed by atoms with van der Waals surface area (Å²) in [6.45, 7) is 1.33. The molecule has 2 aromatic rings. The second-order valence-electron chi connectivity index (χ2n) is 6.02. The molecule has 2 aliphatic rings. The van der Waals surface area contributed by atoms with E-state index in [4.69, 9.17) is 9.84 Å². The van der Waals surface area contributed by atoms with E-state index in [1.807, 2.05) is 17.0 Å². The van der Waals surface area contributed by atoms with Crippen molar-refractivity contribution in [1.29, 1.82) is 0 Å². The van der Waals surface area contributed by atoms with Crippen molar-refractivity contribution in [3.05, 3.63) is 53.6 Å². The Bertz CT molecular complexity index is 733. The highest BCUT2D eigenvalue weighted by molar-refractivity contribution is 5.59. The lowest BCUT2D eigenvalue weighted by atomic mass is 10.2. The van der Waals surface area contributed by atoms with Gasteiger partial charge in [0, 0.05) is 18.4 Å². The number of fused-ring (bicyclic) bond motifs is 1. The Balaban J connectivity index is 1.55. The highest BCUT2D eigenvalue weighted by Gasteiger charge is 2.32. The Hall–Kier alpha value is -2.22. The minimum atomic E-state index is -1.17. The van der Waals surface area contributed by atoms with Crippen LogP contribution in [-0.2, 0) is 17.8 Å². The molecular formula is C17H18FN3O3. The number of benzene rings is 1. The summed E-state index contributed by atoms with van der Waals surface area (Å²) in [6, 6.07) is 8.73. The van der Waals surface area contributed by atoms with Crippen molar-refractivity contribution in [2.45, 2.75) is 25.6 Å². The molecule has 1 fully saturated rings. The Morgan fingerprint density at radius 2 is 2.17 bits per heavy atom. The van der Waals surface area contributed by atoms with Gasteiger partial charge in [-0.25, -0.2) is 4.39 Å². The smallest absolute Gasteiger partial charge is 0.238 e. The number of hydrogen-bond acceptors (Lipinski definition) is 6. The number of rotatable bonds is 3. The van der Waals surface area contributed by atoms with Crippen molar-refractivity contribution in [1.82, 2.24) is 4.98 Å². The third-order valence-corrected chi connectivity index (χ3v) is 4.47. The fraction of sp³-hybridized carbons (Fsp3) is 0.353. The molecule has 6 nitrogen and oxygen atoms in total. The second-order valence-corrected chi connectivity index (χ2v) is 6.02. The molecule has 2 aliphatic heterocycles. The average molecular weight is 331 g/mol. The number of halogens is 1. The molecule has 24 heavy (non-hydrogen) atoms. The Kier molecular flexibility index (Phi) is 3.84. The van der Waals surface area contributed by atoms with Crippen LogP contribution >= 0.6 is 0 Å². The summed E-state index contributed by atoms with van der Waals surface area (Å²) in [5.74, 6) is -0.361. The normalized spacial score (nSPS) is 23.0. The van der Waals surface area contributed by atoms with Crippen LogP contribution in [0.2, 0.25) is 0 Å². The largest absolute Gasteiger partial charge is 0.394 e. The second kappa shape index (κ2) is 6.01. The fourth-order valence-electron chi connectivity index (χ4n) is 3.23. The molecular weight excluding hydrogens is 313 g/mol. The van der Waals surface area contributed by atoms with Gasteiger partial charge in [0.15, 0.2) is 0 Å². The van der Waals surface area contributed by atoms with E-state index in [1.165, 1.54) is 11.0 Å². The number of aliphatic hydroxyl groups excluding tert-OH is 2. The standard InChI is InChI=1S/C17H18FN3O3/c18-14-6-12(21-8-13(10-22)24-17(21)23)3-4-16(14)20-7-11-2-1-5-19-15(11)9-20/h1-6,13,17,22-23H,7-10H2/t13-,17?/m1/s1. The molecule has 0 amide bonds. The topological polar surface area (TPSA) is 69.1 Å². The summed E-state index contributed by atoms with van der Waals surface area (Å²) in [5.41, 5.74) is 3.10. The molecule has 1 saturated heterocycles. The van der Waals surface area contributed by atoms with Gasteiger partial charge < -0.3 is 24.7 Å². The van der Waals surface area contributed by atoms with Gasteiger partial charge in [0.05, 0.1) is 31.1 Å². The third-order valence-electron chi connectivity index (χ3n) is 4.47. The van der Waals surface area contributed by atoms with Crippen LogP contribution in [0.4, 0.5) is 15.8 Å². The predicted octanol–water partition coefficient (Wildman–Crippen LogP) is 1.21. The maximum Gasteiger partial charge on any atom is 0.238 e. The zero-order valence-corrected chi connectivity index (χ0v) is 13.0. The van der Waals surface area contributed by atoms with E-state index < -0.39 is 12.5 Å². The van der Waals surface area contributed by atoms with Gasteiger partial charge in [-0.2, -0.15) is 0 Å². The van der Waals surface area contributed by atoms with Crippen molar-refractivity contribution in [3.8, 4) is 0 Å². The number of aromatic nitrogens is 1. The van der Waals surface area contributed by atoms with E-state index in [0.717, 1.165) is 11.3 Å². The molecule has 4 rings (SSSR count). The molecule has 7 heteroatoms. The predicted molar refractivity (Wildman–Crippen MR) is 85.8 cm³/mol. The summed E-state index contributed by atoms with van der Waals surface area (Å²) in [5, 5.41) is 19.0. The first-order valence-corrected chi connectivity index (χ1v) is 7.84. The third kappa shape index (κ3) is 2.60. The first-order valence-electron chi connectivity index (χ1n) is 7.84. The van der Waals surface area contributed by atoms with Crippen molar-refractivity contribution < 1.29 is 19.3 Å². The maximum absolute atomic E-state index is 14.6. The molecule has 0 aliphatic carbocycles. The fourth-order valence-corrected chi connectivity index (χ4v) is 3.23. The van der Waals surface area contributed by atoms with Gasteiger partial charge in [-0.3, -0.25) is 4.98 Å². The number of aliphatic hydroxyl groups is 2. The van der Waals surface area contributed by atoms with E-state index in [2.05, 4.69) is 4.98 Å². The number of ether oxygens (including phenoxy) is 1. The monoisotopic (exact) mass is 331 g/mol. The van der Waals surface area contributed by atoms with Crippen LogP contribution in [-0.4, -0.2) is 40.9 Å². The quantitative estimate of drug-likeness (QED) is 0.881. The molecule has 2 atom stereocenters. The van der Waals surface area contributed by atoms with E-state index in [-0.39, 0.29) is 12.4 Å². The van der Waals surface area contributed by atoms with Crippen molar-refractivity contribution in [3.63, 3.8) is 0 Å². The summed E-state index contributed by atoms with van der Waals surface area (Å²) < 4.78 is 19.8. The summed E-state index contributed by atoms with van der Waals surface area (Å²) in [7, 11) is 0. The minimum absolute atomic E-state index is 0.187. The van der Waals surface area contributed by atoms with Gasteiger partial charge in [-0.15, -0.1) is 0 Å². The van der Waals surface area contributed by atoms with Crippen LogP contribution < -0.4 is 9.80 Å². The van der Waals surface area contributed by atoms with E-state index >= 15 is 0 Å². The lowest BCUT2D eigenvalue weighted by molar-refractivity contribution is -0.0989. The van der Waals surface area contributed by atoms with Crippen LogP contribution in [0.1, 0.15) is 11.3 Å². The zero-order valence-electron chi connectivity index (χ0n) is 13.0. The van der Waals surface area contributed by atoms with E-state index in [9.17, 15) is 9.50 Å². The summed E-state index contributed by atoms with van der Waals surface area (Å²) in [6.07, 6.45) is 0.100. The van der Waals surface area contributed by atoms with Gasteiger partial charge in [-0.1, -0.05) is 6.07 Å². The van der Waals surface area contributed by atoms with Crippen LogP contribution in [0.5, 0.6) is 0 Å². The number of anilines is 2. The molecule has 0 bridgehead atoms. The van der Waals surface area contributed by atoms with Gasteiger partial charge in [0.2, 0.25) is 6.41 Å². The number of nitrogens with zero attached hydrogens (tertiary/aromatic N) is 3. The van der Waals surface area contributed by atoms with Crippen LogP contribution in [0.15, 0.2) is 36.5 Å². The SMILES string of the molecule is OC[C@H]1CN(c2ccc(N3Cc4cccnc4C3)c(F)c2)C(O)O1. The van der Waals surface area contributed by atoms with E-state index in [1.54, 1.807) is 18.3 Å². The highest BCUT2D eigenvalue weighted by Crippen LogP contribution is 2.32. The highest BCUT2D eigenvalue weighted by atomic mass is 19.1. The molecule has 0 saturated carbocycles. The zero-order chi connectivity index (χ0) is 16.7. The lowest BCUT2D eigenvalue weighted by Gasteiger charge is -2.23. The van der Waals surface area contributed by atoms with Crippen LogP contribution in [0.3, 0.4) is 0 Å². The molecule has 1 aromatic heterocycles. The molecule has 0 spiro atoms. The first-order chi connectivity index (χ1) is 11.7. The molecule has 2 N–H and O–H groups in total. The van der Waals surface area contributed by atoms with Gasteiger partial charge in [0.25, 0.3) is 0 Å². The lowest BCUT2D eigenvalue weighted by Crippen LogP contribution is -2.30. The van der Waals surface area contributed by atoms with Gasteiger partial charge in [0.1, 0.15) is 11.9 Å². The van der Waals surface area contributed by atoms with Crippen LogP contribution in [0.25, 0.3) is 0 Å². The minimum Gasteiger partial charge on any atom is -0.394 e. The van der Waals surface area contributed by atoms with Crippen LogP contribution in [0, 0.1) is 5.82 Å². The summed E-state index contributed by atoms with van der Waals surface area (Å²) in [4.78, 5) is 7.78. The molecule has 1 unspecified atom stereocenters. The Morgan fingerprint density at radius 1 is 1.29 bits per heavy atom. The van der Waals surface area contributed by atoms with Gasteiger partial charge in [-0.05, 0) is 29.8 Å². The Labute approximate surface area is 138 Å². The maximum atomic E-state index is 14.6. The van der Waals surface area contributed by atoms with Crippen molar-refractivity contribution in [2.75, 3.05) is 23.0 Å². The number of hydrogen-bond donors (Lipinski definition) is 2. The van der Waals surface area contributed by atoms with Crippen molar-refractivity contribution >= 4 is 11.4 Å². The Morgan fingerprint density at radius 3 is 2.88 bits per heavy atom. The van der Waals surface area contributed by atoms with Gasteiger partial charge >= 0.3 is 0 Å². The van der Waals surface area contributed by atoms with E-state index in [0.29, 0.717) is 31.0 Å². The molecule has 126 valence electrons.